The fourth-order valence-electron chi connectivity index (χ4n) is 2.33. The molecule has 0 unspecified atom stereocenters. The molecule has 0 aliphatic heterocycles. The lowest BCUT2D eigenvalue weighted by molar-refractivity contribution is -0.123. The Bertz CT molecular complexity index is 527. The molecule has 5 nitrogen and oxygen atoms in total. The molecule has 0 aliphatic rings. The highest BCUT2D eigenvalue weighted by Gasteiger charge is 2.37. The predicted octanol–water partition coefficient (Wildman–Crippen LogP) is 3.97. The van der Waals surface area contributed by atoms with E-state index in [0.717, 1.165) is 0 Å². The van der Waals surface area contributed by atoms with E-state index in [2.05, 4.69) is 0 Å². The van der Waals surface area contributed by atoms with Crippen LogP contribution in [0.5, 0.6) is 0 Å². The van der Waals surface area contributed by atoms with Crippen LogP contribution in [0.3, 0.4) is 0 Å². The van der Waals surface area contributed by atoms with Gasteiger partial charge in [0.25, 0.3) is 0 Å². The van der Waals surface area contributed by atoms with Gasteiger partial charge >= 0.3 is 7.60 Å². The number of hydrogen-bond acceptors (Lipinski definition) is 5. The molecule has 1 aromatic carbocycles. The van der Waals surface area contributed by atoms with Crippen molar-refractivity contribution in [3.05, 3.63) is 35.9 Å². The number of rotatable bonds is 9. The van der Waals surface area contributed by atoms with Crippen LogP contribution in [0.25, 0.3) is 0 Å². The quantitative estimate of drug-likeness (QED) is 0.688. The van der Waals surface area contributed by atoms with Crippen molar-refractivity contribution in [2.75, 3.05) is 6.16 Å². The van der Waals surface area contributed by atoms with Crippen molar-refractivity contribution in [1.82, 2.24) is 0 Å². The van der Waals surface area contributed by atoms with Crippen molar-refractivity contribution in [2.24, 2.45) is 5.92 Å². The van der Waals surface area contributed by atoms with Gasteiger partial charge in [-0.3, -0.25) is 9.36 Å². The minimum atomic E-state index is -3.50. The van der Waals surface area contributed by atoms with Crippen LogP contribution in [0.15, 0.2) is 30.3 Å². The smallest absolute Gasteiger partial charge is 0.332 e. The fraction of sp³-hybridized carbons (Fsp3) is 0.588. The molecule has 0 amide bonds. The summed E-state index contributed by atoms with van der Waals surface area (Å²) in [6.07, 6.45) is -1.80. The largest absolute Gasteiger partial charge is 0.388 e. The molecule has 1 N–H and O–H groups in total. The number of carbonyl (C=O) groups excluding carboxylic acids is 1. The predicted molar refractivity (Wildman–Crippen MR) is 90.5 cm³/mol. The summed E-state index contributed by atoms with van der Waals surface area (Å²) in [5.74, 6) is -1.10. The highest BCUT2D eigenvalue weighted by molar-refractivity contribution is 7.53. The van der Waals surface area contributed by atoms with Crippen molar-refractivity contribution >= 4 is 13.4 Å². The molecule has 0 spiro atoms. The molecule has 0 heterocycles. The third-order valence-corrected chi connectivity index (χ3v) is 5.53. The summed E-state index contributed by atoms with van der Waals surface area (Å²) in [6, 6.07) is 8.86. The molecule has 130 valence electrons. The van der Waals surface area contributed by atoms with Gasteiger partial charge in [0.1, 0.15) is 5.78 Å². The zero-order valence-electron chi connectivity index (χ0n) is 14.4. The number of aliphatic hydroxyl groups is 1. The first-order chi connectivity index (χ1) is 10.6. The summed E-state index contributed by atoms with van der Waals surface area (Å²) in [5.41, 5.74) is 0.605. The second-order valence-corrected chi connectivity index (χ2v) is 8.18. The molecule has 0 bridgehead atoms. The summed E-state index contributed by atoms with van der Waals surface area (Å²) in [4.78, 5) is 12.0. The van der Waals surface area contributed by atoms with E-state index in [1.165, 1.54) is 6.92 Å². The van der Waals surface area contributed by atoms with Gasteiger partial charge in [-0.2, -0.15) is 0 Å². The van der Waals surface area contributed by atoms with Crippen LogP contribution in [0, 0.1) is 5.92 Å². The summed E-state index contributed by atoms with van der Waals surface area (Å²) in [7, 11) is -3.50. The Hall–Kier alpha value is -1.00. The molecule has 2 atom stereocenters. The number of benzene rings is 1. The van der Waals surface area contributed by atoms with Crippen LogP contribution >= 0.6 is 7.60 Å². The minimum absolute atomic E-state index is 0.144. The van der Waals surface area contributed by atoms with E-state index in [9.17, 15) is 14.5 Å². The highest BCUT2D eigenvalue weighted by atomic mass is 31.2. The molecule has 0 aromatic heterocycles. The van der Waals surface area contributed by atoms with E-state index >= 15 is 0 Å². The van der Waals surface area contributed by atoms with Gasteiger partial charge in [-0.1, -0.05) is 30.3 Å². The van der Waals surface area contributed by atoms with Crippen molar-refractivity contribution in [1.29, 1.82) is 0 Å². The monoisotopic (exact) mass is 342 g/mol. The average molecular weight is 342 g/mol. The lowest BCUT2D eigenvalue weighted by atomic mass is 9.94. The van der Waals surface area contributed by atoms with E-state index in [1.54, 1.807) is 52.0 Å². The van der Waals surface area contributed by atoms with E-state index in [1.807, 2.05) is 6.07 Å². The lowest BCUT2D eigenvalue weighted by Gasteiger charge is -2.28. The fourth-order valence-corrected chi connectivity index (χ4v) is 4.77. The second kappa shape index (κ2) is 8.74. The van der Waals surface area contributed by atoms with Crippen LogP contribution < -0.4 is 0 Å². The summed E-state index contributed by atoms with van der Waals surface area (Å²) in [6.45, 7) is 8.41. The number of hydrogen-bond donors (Lipinski definition) is 1. The number of Topliss-reactive ketones (excluding diaryl/α,β-unsaturated/α-hetero) is 1. The molecule has 0 saturated carbocycles. The Balaban J connectivity index is 3.04. The maximum Gasteiger partial charge on any atom is 0.332 e. The molecule has 0 saturated heterocycles. The maximum absolute atomic E-state index is 13.0. The summed E-state index contributed by atoms with van der Waals surface area (Å²) in [5, 5.41) is 10.5. The van der Waals surface area contributed by atoms with Gasteiger partial charge in [-0.25, -0.2) is 0 Å². The molecule has 0 aliphatic carbocycles. The lowest BCUT2D eigenvalue weighted by Crippen LogP contribution is -2.26. The third-order valence-electron chi connectivity index (χ3n) is 3.21. The zero-order valence-corrected chi connectivity index (χ0v) is 15.3. The highest BCUT2D eigenvalue weighted by Crippen LogP contribution is 2.53. The SMILES string of the molecule is CC(=O)[C@@H](CP(=O)(OC(C)C)OC(C)C)[C@@H](O)c1ccccc1. The zero-order chi connectivity index (χ0) is 17.6. The third kappa shape index (κ3) is 6.56. The number of carbonyl (C=O) groups is 1. The van der Waals surface area contributed by atoms with Gasteiger partial charge in [0.05, 0.1) is 30.4 Å². The Morgan fingerprint density at radius 1 is 1.09 bits per heavy atom. The van der Waals surface area contributed by atoms with Crippen LogP contribution in [-0.2, 0) is 18.4 Å². The molecule has 0 fully saturated rings. The maximum atomic E-state index is 13.0. The van der Waals surface area contributed by atoms with E-state index in [-0.39, 0.29) is 24.2 Å². The molecule has 1 rings (SSSR count). The van der Waals surface area contributed by atoms with E-state index < -0.39 is 19.6 Å². The van der Waals surface area contributed by atoms with Crippen LogP contribution in [-0.4, -0.2) is 29.3 Å². The van der Waals surface area contributed by atoms with Crippen molar-refractivity contribution in [2.45, 2.75) is 52.9 Å². The van der Waals surface area contributed by atoms with E-state index in [0.29, 0.717) is 5.56 Å². The average Bonchev–Trinajstić information content (AvgIpc) is 2.43. The molecular formula is C17H27O5P. The van der Waals surface area contributed by atoms with Gasteiger partial charge in [0.15, 0.2) is 0 Å². The molecule has 1 aromatic rings. The second-order valence-electron chi connectivity index (χ2n) is 6.17. The van der Waals surface area contributed by atoms with Crippen LogP contribution in [0.4, 0.5) is 0 Å². The van der Waals surface area contributed by atoms with Gasteiger partial charge < -0.3 is 14.2 Å². The molecule has 6 heteroatoms. The topological polar surface area (TPSA) is 72.8 Å². The minimum Gasteiger partial charge on any atom is -0.388 e. The normalized spacial score (nSPS) is 15.0. The molecular weight excluding hydrogens is 315 g/mol. The first-order valence-electron chi connectivity index (χ1n) is 7.84. The molecule has 0 radical (unpaired) electrons. The number of aliphatic hydroxyl groups excluding tert-OH is 1. The van der Waals surface area contributed by atoms with Crippen molar-refractivity contribution < 1.29 is 23.5 Å². The van der Waals surface area contributed by atoms with Crippen LogP contribution in [0.2, 0.25) is 0 Å². The van der Waals surface area contributed by atoms with Crippen molar-refractivity contribution in [3.8, 4) is 0 Å². The standard InChI is InChI=1S/C17H27O5P/c1-12(2)21-23(20,22-13(3)4)11-16(14(5)18)17(19)15-9-7-6-8-10-15/h6-10,12-13,16-17,19H,11H2,1-5H3/t16-,17+/m1/s1. The molecule has 23 heavy (non-hydrogen) atoms. The van der Waals surface area contributed by atoms with Gasteiger partial charge in [-0.05, 0) is 40.2 Å². The Kier molecular flexibility index (Phi) is 7.62. The Morgan fingerprint density at radius 3 is 1.96 bits per heavy atom. The van der Waals surface area contributed by atoms with Gasteiger partial charge in [-0.15, -0.1) is 0 Å². The van der Waals surface area contributed by atoms with Crippen molar-refractivity contribution in [3.63, 3.8) is 0 Å². The van der Waals surface area contributed by atoms with Gasteiger partial charge in [0.2, 0.25) is 0 Å². The summed E-state index contributed by atoms with van der Waals surface area (Å²) >= 11 is 0. The number of ketones is 1. The Labute approximate surface area is 138 Å². The van der Waals surface area contributed by atoms with Gasteiger partial charge in [0, 0.05) is 0 Å². The first kappa shape index (κ1) is 20.0. The Morgan fingerprint density at radius 2 is 1.57 bits per heavy atom. The van der Waals surface area contributed by atoms with E-state index in [4.69, 9.17) is 9.05 Å². The summed E-state index contributed by atoms with van der Waals surface area (Å²) < 4.78 is 23.9. The van der Waals surface area contributed by atoms with Crippen LogP contribution in [0.1, 0.15) is 46.3 Å². The first-order valence-corrected chi connectivity index (χ1v) is 9.56.